The van der Waals surface area contributed by atoms with Gasteiger partial charge in [0.1, 0.15) is 10.6 Å². The topological polar surface area (TPSA) is 75.7 Å². The van der Waals surface area contributed by atoms with Gasteiger partial charge in [-0.05, 0) is 36.6 Å². The molecule has 1 saturated heterocycles. The number of carbonyl (C=O) groups excluding carboxylic acids is 1. The molecule has 3 rings (SSSR count). The summed E-state index contributed by atoms with van der Waals surface area (Å²) in [4.78, 5) is 14.3. The average Bonchev–Trinajstić information content (AvgIpc) is 3.21. The molecular formula is C19H22N2O4S. The summed E-state index contributed by atoms with van der Waals surface area (Å²) in [5, 5.41) is 0. The van der Waals surface area contributed by atoms with E-state index in [2.05, 4.69) is 4.72 Å². The van der Waals surface area contributed by atoms with E-state index in [0.29, 0.717) is 18.7 Å². The average molecular weight is 374 g/mol. The minimum absolute atomic E-state index is 0.0269. The summed E-state index contributed by atoms with van der Waals surface area (Å²) in [5.74, 6) is 0.0631. The Balaban J connectivity index is 1.86. The minimum atomic E-state index is -3.83. The molecule has 1 N–H and O–H groups in total. The van der Waals surface area contributed by atoms with Gasteiger partial charge in [-0.25, -0.2) is 13.1 Å². The third-order valence-corrected chi connectivity index (χ3v) is 5.82. The summed E-state index contributed by atoms with van der Waals surface area (Å²) in [6.45, 7) is 1.58. The van der Waals surface area contributed by atoms with Crippen molar-refractivity contribution in [2.75, 3.05) is 20.2 Å². The first-order chi connectivity index (χ1) is 12.5. The molecule has 6 nitrogen and oxygen atoms in total. The van der Waals surface area contributed by atoms with Crippen LogP contribution in [0.4, 0.5) is 0 Å². The number of ether oxygens (including phenoxy) is 1. The lowest BCUT2D eigenvalue weighted by Crippen LogP contribution is -2.28. The zero-order valence-electron chi connectivity index (χ0n) is 14.6. The Kier molecular flexibility index (Phi) is 5.58. The summed E-state index contributed by atoms with van der Waals surface area (Å²) >= 11 is 0. The van der Waals surface area contributed by atoms with Gasteiger partial charge in [-0.1, -0.05) is 30.3 Å². The summed E-state index contributed by atoms with van der Waals surface area (Å²) in [7, 11) is -2.42. The van der Waals surface area contributed by atoms with Crippen LogP contribution in [0.3, 0.4) is 0 Å². The van der Waals surface area contributed by atoms with Gasteiger partial charge >= 0.3 is 0 Å². The normalized spacial score (nSPS) is 14.4. The number of sulfonamides is 1. The van der Waals surface area contributed by atoms with E-state index in [1.54, 1.807) is 11.0 Å². The number of hydrogen-bond acceptors (Lipinski definition) is 4. The fourth-order valence-electron chi connectivity index (χ4n) is 2.97. The number of benzene rings is 2. The minimum Gasteiger partial charge on any atom is -0.495 e. The Labute approximate surface area is 153 Å². The van der Waals surface area contributed by atoms with Crippen LogP contribution in [0.1, 0.15) is 28.8 Å². The molecule has 0 spiro atoms. The van der Waals surface area contributed by atoms with E-state index in [4.69, 9.17) is 4.74 Å². The van der Waals surface area contributed by atoms with Crippen LogP contribution in [-0.2, 0) is 16.6 Å². The van der Waals surface area contributed by atoms with Crippen LogP contribution in [0.15, 0.2) is 53.4 Å². The lowest BCUT2D eigenvalue weighted by molar-refractivity contribution is 0.0792. The van der Waals surface area contributed by atoms with E-state index in [1.807, 2.05) is 30.3 Å². The highest BCUT2D eigenvalue weighted by Crippen LogP contribution is 2.26. The van der Waals surface area contributed by atoms with Crippen molar-refractivity contribution in [3.05, 3.63) is 59.7 Å². The maximum Gasteiger partial charge on any atom is 0.253 e. The molecule has 2 aromatic carbocycles. The predicted molar refractivity (Wildman–Crippen MR) is 98.6 cm³/mol. The molecule has 138 valence electrons. The Hall–Kier alpha value is -2.38. The lowest BCUT2D eigenvalue weighted by Gasteiger charge is -2.17. The van der Waals surface area contributed by atoms with Gasteiger partial charge in [0.25, 0.3) is 5.91 Å². The quantitative estimate of drug-likeness (QED) is 0.842. The van der Waals surface area contributed by atoms with Crippen LogP contribution in [0, 0.1) is 0 Å². The molecule has 1 heterocycles. The molecule has 1 fully saturated rings. The van der Waals surface area contributed by atoms with Crippen molar-refractivity contribution < 1.29 is 17.9 Å². The second-order valence-electron chi connectivity index (χ2n) is 6.18. The van der Waals surface area contributed by atoms with E-state index >= 15 is 0 Å². The van der Waals surface area contributed by atoms with E-state index < -0.39 is 10.0 Å². The van der Waals surface area contributed by atoms with Gasteiger partial charge in [0.2, 0.25) is 10.0 Å². The van der Waals surface area contributed by atoms with Gasteiger partial charge in [-0.3, -0.25) is 4.79 Å². The number of nitrogens with one attached hydrogen (secondary N) is 1. The van der Waals surface area contributed by atoms with Crippen LogP contribution in [0.5, 0.6) is 5.75 Å². The summed E-state index contributed by atoms with van der Waals surface area (Å²) in [6, 6.07) is 13.8. The molecule has 0 atom stereocenters. The highest BCUT2D eigenvalue weighted by atomic mass is 32.2. The zero-order valence-corrected chi connectivity index (χ0v) is 15.5. The van der Waals surface area contributed by atoms with Crippen LogP contribution < -0.4 is 9.46 Å². The number of likely N-dealkylation sites (tertiary alicyclic amines) is 1. The van der Waals surface area contributed by atoms with E-state index in [1.165, 1.54) is 19.2 Å². The van der Waals surface area contributed by atoms with Gasteiger partial charge in [-0.15, -0.1) is 0 Å². The number of nitrogens with zero attached hydrogens (tertiary/aromatic N) is 1. The molecule has 0 radical (unpaired) electrons. The first-order valence-electron chi connectivity index (χ1n) is 8.52. The van der Waals surface area contributed by atoms with Gasteiger partial charge in [0.15, 0.2) is 0 Å². The molecule has 26 heavy (non-hydrogen) atoms. The van der Waals surface area contributed by atoms with Gasteiger partial charge in [0, 0.05) is 25.2 Å². The number of rotatable bonds is 6. The molecule has 0 bridgehead atoms. The van der Waals surface area contributed by atoms with Crippen molar-refractivity contribution >= 4 is 15.9 Å². The fourth-order valence-corrected chi connectivity index (χ4v) is 4.19. The van der Waals surface area contributed by atoms with Crippen LogP contribution in [0.2, 0.25) is 0 Å². The van der Waals surface area contributed by atoms with Crippen molar-refractivity contribution in [3.8, 4) is 5.75 Å². The highest BCUT2D eigenvalue weighted by Gasteiger charge is 2.24. The van der Waals surface area contributed by atoms with Crippen LogP contribution in [-0.4, -0.2) is 39.4 Å². The fraction of sp³-hybridized carbons (Fsp3) is 0.316. The molecule has 1 amide bonds. The Morgan fingerprint density at radius 2 is 1.81 bits per heavy atom. The Bertz CT molecular complexity index is 876. The maximum absolute atomic E-state index is 12.8. The molecule has 0 unspecified atom stereocenters. The Morgan fingerprint density at radius 3 is 2.46 bits per heavy atom. The monoisotopic (exact) mass is 374 g/mol. The van der Waals surface area contributed by atoms with Crippen molar-refractivity contribution in [2.24, 2.45) is 0 Å². The second-order valence-corrected chi connectivity index (χ2v) is 7.91. The third kappa shape index (κ3) is 4.05. The SMILES string of the molecule is COc1ccc(C(=O)N2CCCC2)cc1S(=O)(=O)NCc1ccccc1. The molecule has 0 saturated carbocycles. The summed E-state index contributed by atoms with van der Waals surface area (Å²) < 4.78 is 33.3. The number of amides is 1. The standard InChI is InChI=1S/C19H22N2O4S/c1-25-17-10-9-16(19(22)21-11-5-6-12-21)13-18(17)26(23,24)20-14-15-7-3-2-4-8-15/h2-4,7-10,13,20H,5-6,11-12,14H2,1H3. The number of carbonyl (C=O) groups is 1. The number of hydrogen-bond donors (Lipinski definition) is 1. The maximum atomic E-state index is 12.8. The van der Waals surface area contributed by atoms with Crippen molar-refractivity contribution in [1.29, 1.82) is 0 Å². The highest BCUT2D eigenvalue weighted by molar-refractivity contribution is 7.89. The summed E-state index contributed by atoms with van der Waals surface area (Å²) in [6.07, 6.45) is 1.96. The third-order valence-electron chi connectivity index (χ3n) is 4.40. The van der Waals surface area contributed by atoms with Crippen molar-refractivity contribution in [3.63, 3.8) is 0 Å². The molecular weight excluding hydrogens is 352 g/mol. The van der Waals surface area contributed by atoms with Crippen molar-refractivity contribution in [1.82, 2.24) is 9.62 Å². The second kappa shape index (κ2) is 7.88. The van der Waals surface area contributed by atoms with Crippen LogP contribution in [0.25, 0.3) is 0 Å². The molecule has 7 heteroatoms. The van der Waals surface area contributed by atoms with Gasteiger partial charge in [0.05, 0.1) is 7.11 Å². The molecule has 1 aliphatic rings. The molecule has 2 aromatic rings. The van der Waals surface area contributed by atoms with Crippen molar-refractivity contribution in [2.45, 2.75) is 24.3 Å². The lowest BCUT2D eigenvalue weighted by atomic mass is 10.2. The smallest absolute Gasteiger partial charge is 0.253 e. The summed E-state index contributed by atoms with van der Waals surface area (Å²) in [5.41, 5.74) is 1.20. The van der Waals surface area contributed by atoms with Gasteiger partial charge < -0.3 is 9.64 Å². The molecule has 1 aliphatic heterocycles. The Morgan fingerprint density at radius 1 is 1.12 bits per heavy atom. The van der Waals surface area contributed by atoms with E-state index in [-0.39, 0.29) is 23.1 Å². The molecule has 0 aromatic heterocycles. The first-order valence-corrected chi connectivity index (χ1v) is 10.0. The largest absolute Gasteiger partial charge is 0.495 e. The van der Waals surface area contributed by atoms with E-state index in [0.717, 1.165) is 18.4 Å². The molecule has 0 aliphatic carbocycles. The van der Waals surface area contributed by atoms with Crippen LogP contribution >= 0.6 is 0 Å². The number of methoxy groups -OCH3 is 1. The van der Waals surface area contributed by atoms with Gasteiger partial charge in [-0.2, -0.15) is 0 Å². The predicted octanol–water partition coefficient (Wildman–Crippen LogP) is 2.41. The van der Waals surface area contributed by atoms with E-state index in [9.17, 15) is 13.2 Å². The zero-order chi connectivity index (χ0) is 18.6. The first kappa shape index (κ1) is 18.4.